The van der Waals surface area contributed by atoms with E-state index in [4.69, 9.17) is 4.74 Å². The predicted molar refractivity (Wildman–Crippen MR) is 83.9 cm³/mol. The summed E-state index contributed by atoms with van der Waals surface area (Å²) in [6.45, 7) is 2.03. The van der Waals surface area contributed by atoms with Gasteiger partial charge in [-0.15, -0.1) is 0 Å². The molecule has 0 fully saturated rings. The van der Waals surface area contributed by atoms with Crippen LogP contribution in [0.15, 0.2) is 60.7 Å². The van der Waals surface area contributed by atoms with E-state index in [1.54, 1.807) is 7.11 Å². The van der Waals surface area contributed by atoms with Gasteiger partial charge in [-0.1, -0.05) is 42.2 Å². The van der Waals surface area contributed by atoms with Gasteiger partial charge in [-0.2, -0.15) is 0 Å². The largest absolute Gasteiger partial charge is 0.497 e. The van der Waals surface area contributed by atoms with Gasteiger partial charge < -0.3 is 4.74 Å². The average molecular weight is 262 g/mol. The van der Waals surface area contributed by atoms with E-state index in [1.165, 1.54) is 5.56 Å². The van der Waals surface area contributed by atoms with Crippen LogP contribution in [0.5, 0.6) is 5.75 Å². The van der Waals surface area contributed by atoms with Gasteiger partial charge in [0.05, 0.1) is 7.11 Å². The zero-order valence-electron chi connectivity index (χ0n) is 11.9. The Hall–Kier alpha value is -2.46. The van der Waals surface area contributed by atoms with Crippen molar-refractivity contribution in [2.24, 2.45) is 0 Å². The first-order chi connectivity index (χ1) is 9.83. The van der Waals surface area contributed by atoms with Gasteiger partial charge in [-0.05, 0) is 49.2 Å². The molecule has 0 unspecified atom stereocenters. The molecule has 0 bridgehead atoms. The van der Waals surface area contributed by atoms with Gasteiger partial charge in [0.1, 0.15) is 5.75 Å². The number of hydrogen-bond donors (Lipinski definition) is 0. The van der Waals surface area contributed by atoms with Crippen LogP contribution in [-0.2, 0) is 6.42 Å². The van der Waals surface area contributed by atoms with Gasteiger partial charge in [-0.3, -0.25) is 0 Å². The third-order valence-electron chi connectivity index (χ3n) is 3.02. The molecule has 2 aromatic rings. The molecular weight excluding hydrogens is 244 g/mol. The highest BCUT2D eigenvalue weighted by atomic mass is 16.5. The Morgan fingerprint density at radius 3 is 2.45 bits per heavy atom. The van der Waals surface area contributed by atoms with E-state index < -0.39 is 0 Å². The highest BCUT2D eigenvalue weighted by Gasteiger charge is 1.96. The van der Waals surface area contributed by atoms with Crippen molar-refractivity contribution in [2.75, 3.05) is 7.11 Å². The number of ether oxygens (including phenoxy) is 1. The molecule has 1 heteroatoms. The molecule has 1 nitrogen and oxygen atoms in total. The summed E-state index contributed by atoms with van der Waals surface area (Å²) in [6.07, 6.45) is 5.13. The average Bonchev–Trinajstić information content (AvgIpc) is 2.52. The molecule has 20 heavy (non-hydrogen) atoms. The molecule has 0 heterocycles. The Kier molecular flexibility index (Phi) is 5.03. The first-order valence-corrected chi connectivity index (χ1v) is 6.68. The maximum absolute atomic E-state index is 5.14. The number of benzene rings is 2. The van der Waals surface area contributed by atoms with Gasteiger partial charge in [0.2, 0.25) is 0 Å². The number of hydrogen-bond acceptors (Lipinski definition) is 1. The summed E-state index contributed by atoms with van der Waals surface area (Å²) in [4.78, 5) is 0. The Morgan fingerprint density at radius 2 is 1.75 bits per heavy atom. The molecule has 0 amide bonds. The van der Waals surface area contributed by atoms with Crippen LogP contribution in [0.2, 0.25) is 0 Å². The lowest BCUT2D eigenvalue weighted by Gasteiger charge is -2.00. The number of methoxy groups -OCH3 is 1. The van der Waals surface area contributed by atoms with Crippen molar-refractivity contribution in [2.45, 2.75) is 13.3 Å². The third-order valence-corrected chi connectivity index (χ3v) is 3.02. The molecule has 0 saturated heterocycles. The maximum Gasteiger partial charge on any atom is 0.118 e. The summed E-state index contributed by atoms with van der Waals surface area (Å²) in [5.41, 5.74) is 3.33. The van der Waals surface area contributed by atoms with Gasteiger partial charge in [-0.25, -0.2) is 0 Å². The van der Waals surface area contributed by atoms with Crippen LogP contribution in [-0.4, -0.2) is 7.11 Å². The standard InChI is InChI=1S/C19H18O/c1-3-4-7-17-8-5-6-9-18(17)13-10-16-11-14-19(20-2)15-12-16/h3-6,8-9,11-12,14-15H,7H2,1-2H3/b4-3+. The third kappa shape index (κ3) is 3.76. The molecule has 0 aromatic heterocycles. The molecule has 0 aliphatic carbocycles. The Morgan fingerprint density at radius 1 is 1.00 bits per heavy atom. The first kappa shape index (κ1) is 14.0. The Labute approximate surface area is 120 Å². The Balaban J connectivity index is 2.23. The first-order valence-electron chi connectivity index (χ1n) is 6.68. The molecule has 0 aliphatic rings. The van der Waals surface area contributed by atoms with Crippen molar-refractivity contribution in [1.29, 1.82) is 0 Å². The van der Waals surface area contributed by atoms with Crippen LogP contribution in [0, 0.1) is 11.8 Å². The normalized spacial score (nSPS) is 10.1. The second-order valence-corrected chi connectivity index (χ2v) is 4.41. The fourth-order valence-corrected chi connectivity index (χ4v) is 1.88. The van der Waals surface area contributed by atoms with E-state index in [0.29, 0.717) is 0 Å². The van der Waals surface area contributed by atoms with Crippen LogP contribution in [0.1, 0.15) is 23.6 Å². The summed E-state index contributed by atoms with van der Waals surface area (Å²) in [5.74, 6) is 7.30. The smallest absolute Gasteiger partial charge is 0.118 e. The maximum atomic E-state index is 5.14. The molecule has 0 spiro atoms. The van der Waals surface area contributed by atoms with Crippen molar-refractivity contribution >= 4 is 0 Å². The molecule has 2 aromatic carbocycles. The lowest BCUT2D eigenvalue weighted by atomic mass is 10.0. The summed E-state index contributed by atoms with van der Waals surface area (Å²) < 4.78 is 5.14. The number of rotatable bonds is 3. The van der Waals surface area contributed by atoms with E-state index in [1.807, 2.05) is 37.3 Å². The van der Waals surface area contributed by atoms with Gasteiger partial charge in [0.25, 0.3) is 0 Å². The van der Waals surface area contributed by atoms with E-state index in [0.717, 1.165) is 23.3 Å². The second kappa shape index (κ2) is 7.21. The van der Waals surface area contributed by atoms with Crippen LogP contribution in [0.4, 0.5) is 0 Å². The molecule has 100 valence electrons. The molecule has 0 radical (unpaired) electrons. The highest BCUT2D eigenvalue weighted by molar-refractivity contribution is 5.47. The number of allylic oxidation sites excluding steroid dienone is 2. The zero-order valence-corrected chi connectivity index (χ0v) is 11.9. The highest BCUT2D eigenvalue weighted by Crippen LogP contribution is 2.12. The van der Waals surface area contributed by atoms with E-state index >= 15 is 0 Å². The Bertz CT molecular complexity index is 639. The zero-order chi connectivity index (χ0) is 14.2. The summed E-state index contributed by atoms with van der Waals surface area (Å²) in [5, 5.41) is 0. The molecular formula is C19H18O. The van der Waals surface area contributed by atoms with Crippen LogP contribution < -0.4 is 4.74 Å². The minimum atomic E-state index is 0.851. The lowest BCUT2D eigenvalue weighted by Crippen LogP contribution is -1.87. The van der Waals surface area contributed by atoms with Crippen LogP contribution in [0.3, 0.4) is 0 Å². The van der Waals surface area contributed by atoms with Crippen molar-refractivity contribution in [3.8, 4) is 17.6 Å². The minimum absolute atomic E-state index is 0.851. The van der Waals surface area contributed by atoms with Gasteiger partial charge in [0, 0.05) is 11.1 Å². The van der Waals surface area contributed by atoms with Crippen molar-refractivity contribution in [3.63, 3.8) is 0 Å². The SMILES string of the molecule is C/C=C/Cc1ccccc1C#Cc1ccc(OC)cc1. The van der Waals surface area contributed by atoms with Crippen LogP contribution in [0.25, 0.3) is 0 Å². The monoisotopic (exact) mass is 262 g/mol. The fourth-order valence-electron chi connectivity index (χ4n) is 1.88. The van der Waals surface area contributed by atoms with Gasteiger partial charge >= 0.3 is 0 Å². The fraction of sp³-hybridized carbons (Fsp3) is 0.158. The van der Waals surface area contributed by atoms with Crippen molar-refractivity contribution in [1.82, 2.24) is 0 Å². The van der Waals surface area contributed by atoms with Crippen LogP contribution >= 0.6 is 0 Å². The lowest BCUT2D eigenvalue weighted by molar-refractivity contribution is 0.415. The molecule has 0 atom stereocenters. The van der Waals surface area contributed by atoms with E-state index in [9.17, 15) is 0 Å². The molecule has 0 N–H and O–H groups in total. The van der Waals surface area contributed by atoms with Crippen molar-refractivity contribution < 1.29 is 4.74 Å². The summed E-state index contributed by atoms with van der Waals surface area (Å²) >= 11 is 0. The second-order valence-electron chi connectivity index (χ2n) is 4.41. The topological polar surface area (TPSA) is 9.23 Å². The summed E-state index contributed by atoms with van der Waals surface area (Å²) in [7, 11) is 1.66. The molecule has 0 aliphatic heterocycles. The van der Waals surface area contributed by atoms with Crippen molar-refractivity contribution in [3.05, 3.63) is 77.4 Å². The predicted octanol–water partition coefficient (Wildman–Crippen LogP) is 4.21. The molecule has 0 saturated carbocycles. The van der Waals surface area contributed by atoms with E-state index in [-0.39, 0.29) is 0 Å². The minimum Gasteiger partial charge on any atom is -0.497 e. The van der Waals surface area contributed by atoms with Gasteiger partial charge in [0.15, 0.2) is 0 Å². The van der Waals surface area contributed by atoms with E-state index in [2.05, 4.69) is 42.2 Å². The quantitative estimate of drug-likeness (QED) is 0.594. The molecule has 2 rings (SSSR count). The summed E-state index contributed by atoms with van der Waals surface area (Å²) in [6, 6.07) is 16.1.